The largest absolute Gasteiger partial charge is 0.502 e. The number of rotatable bonds is 5. The maximum Gasteiger partial charge on any atom is 0.502 e. The van der Waals surface area contributed by atoms with Crippen molar-refractivity contribution in [2.75, 3.05) is 0 Å². The Labute approximate surface area is 226 Å². The molecule has 2 nitrogen and oxygen atoms in total. The van der Waals surface area contributed by atoms with E-state index in [2.05, 4.69) is 9.31 Å². The van der Waals surface area contributed by atoms with E-state index in [1.807, 2.05) is 0 Å². The van der Waals surface area contributed by atoms with Gasteiger partial charge < -0.3 is 9.31 Å². The lowest BCUT2D eigenvalue weighted by Crippen LogP contribution is -2.49. The number of hydrogen-bond acceptors (Lipinski definition) is 2. The Hall–Kier alpha value is -4.00. The molecule has 2 aliphatic carbocycles. The zero-order valence-corrected chi connectivity index (χ0v) is 19.7. The molecule has 43 heavy (non-hydrogen) atoms. The molecule has 3 aromatic rings. The van der Waals surface area contributed by atoms with Gasteiger partial charge in [-0.3, -0.25) is 0 Å². The Balaban J connectivity index is 1.75. The highest BCUT2D eigenvalue weighted by Gasteiger charge is 2.61. The molecule has 2 unspecified atom stereocenters. The minimum atomic E-state index is -5.14. The van der Waals surface area contributed by atoms with Crippen LogP contribution in [0.4, 0.5) is 70.2 Å². The second-order valence-electron chi connectivity index (χ2n) is 8.69. The van der Waals surface area contributed by atoms with Crippen LogP contribution in [0.25, 0.3) is 11.7 Å². The highest BCUT2D eigenvalue weighted by molar-refractivity contribution is 6.61. The Morgan fingerprint density at radius 2 is 0.860 bits per heavy atom. The maximum atomic E-state index is 16.0. The van der Waals surface area contributed by atoms with Crippen molar-refractivity contribution in [3.63, 3.8) is 0 Å². The summed E-state index contributed by atoms with van der Waals surface area (Å²) < 4.78 is 240. The van der Waals surface area contributed by atoms with Gasteiger partial charge in [0.1, 0.15) is 11.6 Å². The predicted octanol–water partition coefficient (Wildman–Crippen LogP) is 7.69. The first-order valence-corrected chi connectivity index (χ1v) is 10.9. The van der Waals surface area contributed by atoms with Crippen molar-refractivity contribution in [3.8, 4) is 0 Å². The maximum absolute atomic E-state index is 16.0. The van der Waals surface area contributed by atoms with Gasteiger partial charge >= 0.3 is 7.12 Å². The number of fused-ring (bicyclic) bond motifs is 2. The van der Waals surface area contributed by atoms with E-state index >= 15 is 8.78 Å². The SMILES string of the molecule is FC1=C(F)C(F)(OB(OC2(F)C(F)=C(F)c3c(F)c(F)c(F)c(F)c32)c2ccc(F)cc2F)c2c(F)c(F)c(F)c(F)c21. The van der Waals surface area contributed by atoms with E-state index in [0.29, 0.717) is 0 Å². The zero-order chi connectivity index (χ0) is 32.1. The molecule has 0 saturated heterocycles. The molecule has 0 spiro atoms. The summed E-state index contributed by atoms with van der Waals surface area (Å²) in [6.07, 6.45) is 0. The predicted molar refractivity (Wildman–Crippen MR) is 110 cm³/mol. The fraction of sp³-hybridized carbons (Fsp3) is 0.0833. The van der Waals surface area contributed by atoms with Gasteiger partial charge in [0.05, 0.1) is 22.3 Å². The first-order chi connectivity index (χ1) is 19.9. The summed E-state index contributed by atoms with van der Waals surface area (Å²) in [4.78, 5) is 0. The quantitative estimate of drug-likeness (QED) is 0.124. The van der Waals surface area contributed by atoms with Crippen LogP contribution in [0.5, 0.6) is 0 Å². The van der Waals surface area contributed by atoms with Gasteiger partial charge in [0, 0.05) is 11.5 Å². The van der Waals surface area contributed by atoms with E-state index in [1.54, 1.807) is 0 Å². The van der Waals surface area contributed by atoms with E-state index in [0.717, 1.165) is 0 Å². The molecule has 0 amide bonds. The molecular weight excluding hydrogens is 635 g/mol. The normalized spacial score (nSPS) is 21.2. The average Bonchev–Trinajstić information content (AvgIpc) is 3.27. The number of benzene rings is 3. The van der Waals surface area contributed by atoms with Crippen molar-refractivity contribution in [2.45, 2.75) is 11.7 Å². The van der Waals surface area contributed by atoms with Crippen molar-refractivity contribution < 1.29 is 79.6 Å². The first kappa shape index (κ1) is 30.5. The zero-order valence-electron chi connectivity index (χ0n) is 19.7. The minimum Gasteiger partial charge on any atom is -0.366 e. The van der Waals surface area contributed by atoms with Crippen molar-refractivity contribution >= 4 is 24.2 Å². The first-order valence-electron chi connectivity index (χ1n) is 10.9. The summed E-state index contributed by atoms with van der Waals surface area (Å²) >= 11 is 0. The fourth-order valence-electron chi connectivity index (χ4n) is 4.36. The smallest absolute Gasteiger partial charge is 0.366 e. The molecule has 2 aliphatic rings. The molecule has 3 aromatic carbocycles. The van der Waals surface area contributed by atoms with Crippen LogP contribution in [-0.2, 0) is 21.0 Å². The van der Waals surface area contributed by atoms with Gasteiger partial charge in [0.25, 0.3) is 11.7 Å². The van der Waals surface area contributed by atoms with Crippen LogP contribution in [0, 0.1) is 58.2 Å². The third-order valence-corrected chi connectivity index (χ3v) is 6.32. The molecule has 0 N–H and O–H groups in total. The van der Waals surface area contributed by atoms with Crippen LogP contribution in [-0.4, -0.2) is 7.12 Å². The van der Waals surface area contributed by atoms with Crippen molar-refractivity contribution in [1.82, 2.24) is 0 Å². The molecule has 19 heteroatoms. The van der Waals surface area contributed by atoms with Crippen LogP contribution in [0.3, 0.4) is 0 Å². The lowest BCUT2D eigenvalue weighted by Gasteiger charge is -2.30. The lowest BCUT2D eigenvalue weighted by molar-refractivity contribution is -0.113. The molecule has 226 valence electrons. The van der Waals surface area contributed by atoms with E-state index in [-0.39, 0.29) is 18.2 Å². The van der Waals surface area contributed by atoms with Gasteiger partial charge in [-0.05, 0) is 6.07 Å². The van der Waals surface area contributed by atoms with Gasteiger partial charge in [-0.2, -0.15) is 8.78 Å². The fourth-order valence-corrected chi connectivity index (χ4v) is 4.36. The molecular formula is C24H3BF16O2. The van der Waals surface area contributed by atoms with Gasteiger partial charge in [-0.15, -0.1) is 0 Å². The number of alkyl halides is 2. The number of halogens is 16. The Kier molecular flexibility index (Phi) is 6.92. The topological polar surface area (TPSA) is 18.5 Å². The highest BCUT2D eigenvalue weighted by Crippen LogP contribution is 2.55. The Morgan fingerprint density at radius 3 is 1.23 bits per heavy atom. The molecule has 0 aromatic heterocycles. The second-order valence-corrected chi connectivity index (χ2v) is 8.69. The third kappa shape index (κ3) is 4.00. The van der Waals surface area contributed by atoms with Gasteiger partial charge in [-0.1, -0.05) is 6.07 Å². The monoisotopic (exact) mass is 638 g/mol. The summed E-state index contributed by atoms with van der Waals surface area (Å²) in [5, 5.41) is 0. The van der Waals surface area contributed by atoms with E-state index in [1.165, 1.54) is 0 Å². The summed E-state index contributed by atoms with van der Waals surface area (Å²) in [5.74, 6) is -48.5. The van der Waals surface area contributed by atoms with Gasteiger partial charge in [-0.25, -0.2) is 61.5 Å². The molecule has 0 saturated carbocycles. The molecule has 0 aliphatic heterocycles. The molecule has 0 heterocycles. The van der Waals surface area contributed by atoms with Gasteiger partial charge in [0.15, 0.2) is 58.2 Å². The third-order valence-electron chi connectivity index (χ3n) is 6.32. The van der Waals surface area contributed by atoms with Crippen molar-refractivity contribution in [2.24, 2.45) is 0 Å². The molecule has 2 atom stereocenters. The summed E-state index contributed by atoms with van der Waals surface area (Å²) in [6.45, 7) is 0. The Morgan fingerprint density at radius 1 is 0.488 bits per heavy atom. The van der Waals surface area contributed by atoms with Crippen LogP contribution in [0.15, 0.2) is 29.9 Å². The standard InChI is InChI=1S/C24H3BF16O2/c26-4-1-2-5(6(27)3-4)25(42-23(40)9-7(13(30)21(23)38)11(28)17(34)19(36)15(9)32)43-24(41)10-8(14(31)22(24)39)12(29)18(35)20(37)16(10)33/h1-3H. The van der Waals surface area contributed by atoms with Crippen LogP contribution in [0.2, 0.25) is 0 Å². The molecule has 0 bridgehead atoms. The van der Waals surface area contributed by atoms with E-state index in [4.69, 9.17) is 0 Å². The van der Waals surface area contributed by atoms with Gasteiger partial charge in [0.2, 0.25) is 11.7 Å². The van der Waals surface area contributed by atoms with Crippen LogP contribution in [0.1, 0.15) is 22.3 Å². The average molecular weight is 638 g/mol. The summed E-state index contributed by atoms with van der Waals surface area (Å²) in [6, 6.07) is 0.150. The molecule has 5 rings (SSSR count). The Bertz CT molecular complexity index is 1720. The lowest BCUT2D eigenvalue weighted by atomic mass is 9.76. The van der Waals surface area contributed by atoms with E-state index < -0.39 is 128 Å². The molecule has 0 fully saturated rings. The highest BCUT2D eigenvalue weighted by atomic mass is 19.2. The van der Waals surface area contributed by atoms with Crippen molar-refractivity contribution in [3.05, 3.63) is 110 Å². The minimum absolute atomic E-state index is 0.0914. The van der Waals surface area contributed by atoms with E-state index in [9.17, 15) is 61.5 Å². The van der Waals surface area contributed by atoms with Crippen LogP contribution < -0.4 is 5.46 Å². The summed E-state index contributed by atoms with van der Waals surface area (Å²) in [5.41, 5.74) is -11.3. The number of hydrogen-bond donors (Lipinski definition) is 0. The summed E-state index contributed by atoms with van der Waals surface area (Å²) in [7, 11) is -3.70. The van der Waals surface area contributed by atoms with Crippen molar-refractivity contribution in [1.29, 1.82) is 0 Å². The van der Waals surface area contributed by atoms with Crippen LogP contribution >= 0.6 is 0 Å². The molecule has 0 radical (unpaired) electrons. The second kappa shape index (κ2) is 9.76.